The highest BCUT2D eigenvalue weighted by molar-refractivity contribution is 5.71. The zero-order valence-corrected chi connectivity index (χ0v) is 53.9. The first-order valence-electron chi connectivity index (χ1n) is 34.3. The van der Waals surface area contributed by atoms with Gasteiger partial charge in [0.05, 0.1) is 0 Å². The van der Waals surface area contributed by atoms with Crippen LogP contribution in [0.3, 0.4) is 0 Å². The van der Waals surface area contributed by atoms with Gasteiger partial charge in [-0.2, -0.15) is 0 Å². The Kier molecular flexibility index (Phi) is 65.8. The fourth-order valence-electron chi connectivity index (χ4n) is 9.24. The summed E-state index contributed by atoms with van der Waals surface area (Å²) in [7, 11) is 0. The van der Waals surface area contributed by atoms with Gasteiger partial charge in [-0.25, -0.2) is 0 Å². The van der Waals surface area contributed by atoms with Gasteiger partial charge in [0.2, 0.25) is 0 Å². The Labute approximate surface area is 512 Å². The number of carbonyl (C=O) groups is 3. The normalized spacial score (nSPS) is 13.0. The zero-order chi connectivity index (χ0) is 59.9. The molecule has 0 amide bonds. The predicted molar refractivity (Wildman–Crippen MR) is 362 cm³/mol. The minimum Gasteiger partial charge on any atom is -0.462 e. The second-order valence-corrected chi connectivity index (χ2v) is 22.3. The number of carbonyl (C=O) groups excluding carboxylic acids is 3. The molecule has 0 aliphatic carbocycles. The van der Waals surface area contributed by atoms with Gasteiger partial charge in [0.1, 0.15) is 13.2 Å². The van der Waals surface area contributed by atoms with Gasteiger partial charge >= 0.3 is 17.9 Å². The Morgan fingerprint density at radius 2 is 0.470 bits per heavy atom. The summed E-state index contributed by atoms with van der Waals surface area (Å²) < 4.78 is 16.9. The van der Waals surface area contributed by atoms with Crippen LogP contribution in [0.1, 0.15) is 303 Å². The average molecular weight is 1150 g/mol. The molecule has 0 rings (SSSR count). The van der Waals surface area contributed by atoms with Gasteiger partial charge in [0.25, 0.3) is 0 Å². The molecule has 1 atom stereocenters. The lowest BCUT2D eigenvalue weighted by Gasteiger charge is -2.18. The van der Waals surface area contributed by atoms with E-state index in [1.807, 2.05) is 0 Å². The standard InChI is InChI=1S/C77H126O6/c1-4-7-10-13-16-19-22-25-27-29-31-33-34-35-36-37-38-39-40-41-42-44-45-47-49-52-55-58-61-64-67-70-76(79)82-73-74(72-81-75(78)69-66-63-60-57-54-51-24-21-18-15-12-9-6-3)83-77(80)71-68-65-62-59-56-53-50-48-46-43-32-30-28-26-23-20-17-14-11-8-5-2/h7-8,10-12,15-17,19-21,24-28,31-33,35-36,38-39,43,74H,4-6,9,13-14,18,22-23,29-30,34,37,40-42,44-73H2,1-3H3/b10-7-,11-8-,15-12-,19-16-,20-17-,24-21-,27-25-,28-26-,33-31-,36-35-,39-38-,43-32-. The van der Waals surface area contributed by atoms with E-state index >= 15 is 0 Å². The number of esters is 3. The van der Waals surface area contributed by atoms with E-state index in [4.69, 9.17) is 14.2 Å². The molecule has 0 saturated heterocycles. The first kappa shape index (κ1) is 78.3. The Balaban J connectivity index is 4.30. The van der Waals surface area contributed by atoms with Crippen LogP contribution in [0.2, 0.25) is 0 Å². The third-order valence-corrected chi connectivity index (χ3v) is 14.3. The minimum absolute atomic E-state index is 0.0902. The van der Waals surface area contributed by atoms with Gasteiger partial charge in [-0.15, -0.1) is 0 Å². The van der Waals surface area contributed by atoms with Gasteiger partial charge < -0.3 is 14.2 Å². The molecule has 83 heavy (non-hydrogen) atoms. The van der Waals surface area contributed by atoms with Gasteiger partial charge in [-0.3, -0.25) is 14.4 Å². The number of ether oxygens (including phenoxy) is 3. The number of hydrogen-bond donors (Lipinski definition) is 0. The molecule has 0 aliphatic heterocycles. The summed E-state index contributed by atoms with van der Waals surface area (Å²) >= 11 is 0. The maximum Gasteiger partial charge on any atom is 0.306 e. The summed E-state index contributed by atoms with van der Waals surface area (Å²) in [5.74, 6) is -0.910. The topological polar surface area (TPSA) is 78.9 Å². The van der Waals surface area contributed by atoms with Crippen molar-refractivity contribution in [3.63, 3.8) is 0 Å². The van der Waals surface area contributed by atoms with Crippen molar-refractivity contribution in [3.8, 4) is 0 Å². The minimum atomic E-state index is -0.796. The second kappa shape index (κ2) is 69.8. The number of rotatable bonds is 61. The molecule has 0 radical (unpaired) electrons. The molecule has 0 aromatic rings. The Morgan fingerprint density at radius 3 is 0.735 bits per heavy atom. The van der Waals surface area contributed by atoms with E-state index in [9.17, 15) is 14.4 Å². The van der Waals surface area contributed by atoms with Crippen molar-refractivity contribution in [2.24, 2.45) is 0 Å². The molecule has 0 bridgehead atoms. The van der Waals surface area contributed by atoms with Gasteiger partial charge in [0.15, 0.2) is 6.10 Å². The van der Waals surface area contributed by atoms with E-state index in [1.165, 1.54) is 103 Å². The van der Waals surface area contributed by atoms with E-state index in [0.717, 1.165) is 161 Å². The third kappa shape index (κ3) is 68.0. The zero-order valence-electron chi connectivity index (χ0n) is 53.9. The summed E-state index contributed by atoms with van der Waals surface area (Å²) in [6.07, 6.45) is 100. The predicted octanol–water partition coefficient (Wildman–Crippen LogP) is 23.9. The second-order valence-electron chi connectivity index (χ2n) is 22.3. The third-order valence-electron chi connectivity index (χ3n) is 14.3. The average Bonchev–Trinajstić information content (AvgIpc) is 3.49. The van der Waals surface area contributed by atoms with E-state index in [2.05, 4.69) is 167 Å². The summed E-state index contributed by atoms with van der Waals surface area (Å²) in [5.41, 5.74) is 0. The van der Waals surface area contributed by atoms with Crippen molar-refractivity contribution >= 4 is 17.9 Å². The van der Waals surface area contributed by atoms with E-state index < -0.39 is 6.10 Å². The largest absolute Gasteiger partial charge is 0.462 e. The monoisotopic (exact) mass is 1150 g/mol. The van der Waals surface area contributed by atoms with Crippen molar-refractivity contribution < 1.29 is 28.6 Å². The lowest BCUT2D eigenvalue weighted by molar-refractivity contribution is -0.167. The van der Waals surface area contributed by atoms with Gasteiger partial charge in [-0.05, 0) is 135 Å². The molecule has 0 N–H and O–H groups in total. The Bertz CT molecular complexity index is 1800. The molecule has 0 heterocycles. The molecule has 0 aliphatic rings. The lowest BCUT2D eigenvalue weighted by Crippen LogP contribution is -2.30. The lowest BCUT2D eigenvalue weighted by atomic mass is 10.0. The van der Waals surface area contributed by atoms with Crippen LogP contribution < -0.4 is 0 Å². The van der Waals surface area contributed by atoms with Crippen molar-refractivity contribution in [2.75, 3.05) is 13.2 Å². The highest BCUT2D eigenvalue weighted by Crippen LogP contribution is 2.16. The summed E-state index contributed by atoms with van der Waals surface area (Å²) in [4.78, 5) is 38.4. The molecular weight excluding hydrogens is 1020 g/mol. The molecule has 0 fully saturated rings. The first-order valence-corrected chi connectivity index (χ1v) is 34.3. The smallest absolute Gasteiger partial charge is 0.306 e. The molecule has 6 nitrogen and oxygen atoms in total. The number of unbranched alkanes of at least 4 members (excludes halogenated alkanes) is 26. The van der Waals surface area contributed by atoms with Crippen LogP contribution in [0, 0.1) is 0 Å². The first-order chi connectivity index (χ1) is 41.0. The van der Waals surface area contributed by atoms with Crippen LogP contribution in [-0.2, 0) is 28.6 Å². The van der Waals surface area contributed by atoms with Crippen LogP contribution >= 0.6 is 0 Å². The van der Waals surface area contributed by atoms with E-state index in [0.29, 0.717) is 19.3 Å². The van der Waals surface area contributed by atoms with Crippen LogP contribution in [0.15, 0.2) is 146 Å². The van der Waals surface area contributed by atoms with Crippen molar-refractivity contribution in [1.29, 1.82) is 0 Å². The van der Waals surface area contributed by atoms with E-state index in [-0.39, 0.29) is 31.1 Å². The fourth-order valence-corrected chi connectivity index (χ4v) is 9.24. The van der Waals surface area contributed by atoms with Crippen molar-refractivity contribution in [2.45, 2.75) is 309 Å². The van der Waals surface area contributed by atoms with Crippen LogP contribution in [0.5, 0.6) is 0 Å². The Morgan fingerprint density at radius 1 is 0.253 bits per heavy atom. The van der Waals surface area contributed by atoms with Crippen LogP contribution in [0.4, 0.5) is 0 Å². The summed E-state index contributed by atoms with van der Waals surface area (Å²) in [6, 6.07) is 0. The molecule has 6 heteroatoms. The SMILES string of the molecule is CC/C=C\C/C=C\C/C=C\C/C=C\C/C=C\C/C=C\CCCCCCCCCCCCCCC(=O)OCC(COC(=O)CCCCCCC/C=C\C/C=C\CCC)OC(=O)CCCCCCCCCC/C=C\C/C=C\C/C=C\C/C=C\CC. The number of hydrogen-bond acceptors (Lipinski definition) is 6. The molecular formula is C77H126O6. The quantitative estimate of drug-likeness (QED) is 0.0261. The van der Waals surface area contributed by atoms with E-state index in [1.54, 1.807) is 0 Å². The van der Waals surface area contributed by atoms with Gasteiger partial charge in [0, 0.05) is 19.3 Å². The molecule has 0 saturated carbocycles. The van der Waals surface area contributed by atoms with Gasteiger partial charge in [-0.1, -0.05) is 295 Å². The number of allylic oxidation sites excluding steroid dienone is 24. The summed E-state index contributed by atoms with van der Waals surface area (Å²) in [5, 5.41) is 0. The molecule has 0 spiro atoms. The van der Waals surface area contributed by atoms with Crippen LogP contribution in [-0.4, -0.2) is 37.2 Å². The molecule has 0 aromatic heterocycles. The van der Waals surface area contributed by atoms with Crippen LogP contribution in [0.25, 0.3) is 0 Å². The highest BCUT2D eigenvalue weighted by atomic mass is 16.6. The Hall–Kier alpha value is -4.71. The maximum atomic E-state index is 12.9. The summed E-state index contributed by atoms with van der Waals surface area (Å²) in [6.45, 7) is 6.34. The highest BCUT2D eigenvalue weighted by Gasteiger charge is 2.19. The molecule has 1 unspecified atom stereocenters. The molecule has 470 valence electrons. The maximum absolute atomic E-state index is 12.9. The van der Waals surface area contributed by atoms with Crippen molar-refractivity contribution in [1.82, 2.24) is 0 Å². The molecule has 0 aromatic carbocycles. The van der Waals surface area contributed by atoms with Crippen molar-refractivity contribution in [3.05, 3.63) is 146 Å². The fraction of sp³-hybridized carbons (Fsp3) is 0.649.